The Bertz CT molecular complexity index is 579. The van der Waals surface area contributed by atoms with Gasteiger partial charge >= 0.3 is 6.18 Å². The van der Waals surface area contributed by atoms with Crippen LogP contribution < -0.4 is 0 Å². The number of hydrogen-bond donors (Lipinski definition) is 0. The molecule has 0 aliphatic rings. The Morgan fingerprint density at radius 3 is 2.50 bits per heavy atom. The van der Waals surface area contributed by atoms with Gasteiger partial charge in [-0.2, -0.15) is 13.2 Å². The number of benzene rings is 1. The van der Waals surface area contributed by atoms with Crippen LogP contribution >= 0.6 is 0 Å². The first kappa shape index (κ1) is 12.5. The Morgan fingerprint density at radius 2 is 1.83 bits per heavy atom. The smallest absolute Gasteiger partial charge is 0.236 e. The fourth-order valence-electron chi connectivity index (χ4n) is 1.50. The normalized spacial score (nSPS) is 11.6. The Balaban J connectivity index is 2.55. The van der Waals surface area contributed by atoms with E-state index in [1.165, 1.54) is 19.1 Å². The molecule has 0 fully saturated rings. The van der Waals surface area contributed by atoms with Crippen LogP contribution in [0.2, 0.25) is 0 Å². The van der Waals surface area contributed by atoms with Crippen molar-refractivity contribution in [2.75, 3.05) is 0 Å². The Hall–Kier alpha value is -1.98. The average Bonchev–Trinajstić information content (AvgIpc) is 2.32. The minimum absolute atomic E-state index is 0.0305. The summed E-state index contributed by atoms with van der Waals surface area (Å²) >= 11 is 0. The van der Waals surface area contributed by atoms with Crippen molar-refractivity contribution in [1.82, 2.24) is 9.97 Å². The monoisotopic (exact) mass is 256 g/mol. The molecule has 0 amide bonds. The minimum Gasteiger partial charge on any atom is -0.236 e. The zero-order valence-electron chi connectivity index (χ0n) is 9.29. The highest BCUT2D eigenvalue weighted by Crippen LogP contribution is 2.30. The fourth-order valence-corrected chi connectivity index (χ4v) is 1.50. The minimum atomic E-state index is -4.57. The van der Waals surface area contributed by atoms with Gasteiger partial charge in [0, 0.05) is 5.56 Å². The third-order valence-corrected chi connectivity index (χ3v) is 2.43. The third kappa shape index (κ3) is 2.32. The molecule has 2 nitrogen and oxygen atoms in total. The van der Waals surface area contributed by atoms with Crippen molar-refractivity contribution in [2.45, 2.75) is 13.1 Å². The first-order valence-corrected chi connectivity index (χ1v) is 5.04. The molecule has 1 aromatic carbocycles. The van der Waals surface area contributed by atoms with E-state index in [0.29, 0.717) is 5.56 Å². The van der Waals surface area contributed by atoms with Gasteiger partial charge in [0.2, 0.25) is 0 Å². The molecule has 0 radical (unpaired) electrons. The standard InChI is InChI=1S/C12H8F4N2/c1-7-3-2-4-8(11(7)13)9-5-10(12(14,15)16)18-6-17-9/h2-6H,1H3. The number of hydrogen-bond acceptors (Lipinski definition) is 2. The van der Waals surface area contributed by atoms with E-state index >= 15 is 0 Å². The lowest BCUT2D eigenvalue weighted by atomic mass is 10.1. The van der Waals surface area contributed by atoms with Gasteiger partial charge in [-0.25, -0.2) is 14.4 Å². The van der Waals surface area contributed by atoms with Crippen molar-refractivity contribution in [3.63, 3.8) is 0 Å². The third-order valence-electron chi connectivity index (χ3n) is 2.43. The van der Waals surface area contributed by atoms with Gasteiger partial charge in [0.15, 0.2) is 0 Å². The molecule has 0 N–H and O–H groups in total. The molecule has 0 spiro atoms. The van der Waals surface area contributed by atoms with E-state index < -0.39 is 17.7 Å². The Labute approximate surface area is 100 Å². The van der Waals surface area contributed by atoms with Crippen molar-refractivity contribution < 1.29 is 17.6 Å². The summed E-state index contributed by atoms with van der Waals surface area (Å²) in [5.41, 5.74) is -0.797. The summed E-state index contributed by atoms with van der Waals surface area (Å²) < 4.78 is 51.2. The van der Waals surface area contributed by atoms with Gasteiger partial charge in [-0.15, -0.1) is 0 Å². The largest absolute Gasteiger partial charge is 0.433 e. The van der Waals surface area contributed by atoms with Gasteiger partial charge < -0.3 is 0 Å². The molecule has 2 rings (SSSR count). The predicted octanol–water partition coefficient (Wildman–Crippen LogP) is 3.61. The maximum atomic E-state index is 13.8. The van der Waals surface area contributed by atoms with Crippen LogP contribution in [0.1, 0.15) is 11.3 Å². The number of halogens is 4. The molecule has 1 heterocycles. The van der Waals surface area contributed by atoms with E-state index in [4.69, 9.17) is 0 Å². The molecule has 0 aliphatic carbocycles. The quantitative estimate of drug-likeness (QED) is 0.728. The van der Waals surface area contributed by atoms with Gasteiger partial charge in [0.05, 0.1) is 5.69 Å². The lowest BCUT2D eigenvalue weighted by molar-refractivity contribution is -0.141. The van der Waals surface area contributed by atoms with Crippen molar-refractivity contribution in [1.29, 1.82) is 0 Å². The van der Waals surface area contributed by atoms with Gasteiger partial charge in [-0.1, -0.05) is 12.1 Å². The van der Waals surface area contributed by atoms with Gasteiger partial charge in [0.1, 0.15) is 17.8 Å². The maximum Gasteiger partial charge on any atom is 0.433 e. The van der Waals surface area contributed by atoms with E-state index in [1.54, 1.807) is 6.07 Å². The summed E-state index contributed by atoms with van der Waals surface area (Å²) in [5, 5.41) is 0. The molecule has 1 aromatic heterocycles. The summed E-state index contributed by atoms with van der Waals surface area (Å²) in [6, 6.07) is 5.20. The molecule has 0 bridgehead atoms. The van der Waals surface area contributed by atoms with Crippen LogP contribution in [0, 0.1) is 12.7 Å². The van der Waals surface area contributed by atoms with Crippen LogP contribution in [-0.2, 0) is 6.18 Å². The summed E-state index contributed by atoms with van der Waals surface area (Å²) in [4.78, 5) is 6.80. The molecule has 0 saturated carbocycles. The van der Waals surface area contributed by atoms with Crippen LogP contribution in [-0.4, -0.2) is 9.97 Å². The highest BCUT2D eigenvalue weighted by atomic mass is 19.4. The zero-order valence-corrected chi connectivity index (χ0v) is 9.29. The number of nitrogens with zero attached hydrogens (tertiary/aromatic N) is 2. The Kier molecular flexibility index (Phi) is 3.02. The van der Waals surface area contributed by atoms with Crippen LogP contribution in [0.15, 0.2) is 30.6 Å². The molecule has 0 atom stereocenters. The van der Waals surface area contributed by atoms with E-state index in [9.17, 15) is 17.6 Å². The summed E-state index contributed by atoms with van der Waals surface area (Å²) in [7, 11) is 0. The van der Waals surface area contributed by atoms with Crippen molar-refractivity contribution >= 4 is 0 Å². The maximum absolute atomic E-state index is 13.8. The van der Waals surface area contributed by atoms with Crippen molar-refractivity contribution in [2.24, 2.45) is 0 Å². The lowest BCUT2D eigenvalue weighted by Gasteiger charge is -2.08. The first-order valence-electron chi connectivity index (χ1n) is 5.04. The van der Waals surface area contributed by atoms with Gasteiger partial charge in [-0.3, -0.25) is 0 Å². The second kappa shape index (κ2) is 4.36. The highest BCUT2D eigenvalue weighted by Gasteiger charge is 2.33. The van der Waals surface area contributed by atoms with E-state index in [2.05, 4.69) is 9.97 Å². The Morgan fingerprint density at radius 1 is 1.11 bits per heavy atom. The van der Waals surface area contributed by atoms with Crippen molar-refractivity contribution in [3.8, 4) is 11.3 Å². The summed E-state index contributed by atoms with van der Waals surface area (Å²) in [6.45, 7) is 1.53. The number of rotatable bonds is 1. The van der Waals surface area contributed by atoms with Gasteiger partial charge in [0.25, 0.3) is 0 Å². The molecule has 2 aromatic rings. The number of aromatic nitrogens is 2. The predicted molar refractivity (Wildman–Crippen MR) is 57.2 cm³/mol. The summed E-state index contributed by atoms with van der Waals surface area (Å²) in [6.07, 6.45) is -3.79. The molecule has 6 heteroatoms. The van der Waals surface area contributed by atoms with Crippen molar-refractivity contribution in [3.05, 3.63) is 47.7 Å². The molecular formula is C12H8F4N2. The van der Waals surface area contributed by atoms with E-state index in [1.807, 2.05) is 0 Å². The number of aryl methyl sites for hydroxylation is 1. The molecular weight excluding hydrogens is 248 g/mol. The zero-order chi connectivity index (χ0) is 13.3. The van der Waals surface area contributed by atoms with Crippen LogP contribution in [0.4, 0.5) is 17.6 Å². The first-order chi connectivity index (χ1) is 8.39. The van der Waals surface area contributed by atoms with E-state index in [0.717, 1.165) is 12.4 Å². The molecule has 18 heavy (non-hydrogen) atoms. The highest BCUT2D eigenvalue weighted by molar-refractivity contribution is 5.61. The van der Waals surface area contributed by atoms with Crippen LogP contribution in [0.5, 0.6) is 0 Å². The molecule has 0 aliphatic heterocycles. The molecule has 0 saturated heterocycles. The average molecular weight is 256 g/mol. The van der Waals surface area contributed by atoms with E-state index in [-0.39, 0.29) is 11.3 Å². The SMILES string of the molecule is Cc1cccc(-c2cc(C(F)(F)F)ncn2)c1F. The van der Waals surface area contributed by atoms with Crippen LogP contribution in [0.25, 0.3) is 11.3 Å². The fraction of sp³-hybridized carbons (Fsp3) is 0.167. The molecule has 94 valence electrons. The number of alkyl halides is 3. The topological polar surface area (TPSA) is 25.8 Å². The van der Waals surface area contributed by atoms with Crippen LogP contribution in [0.3, 0.4) is 0 Å². The summed E-state index contributed by atoms with van der Waals surface area (Å²) in [5.74, 6) is -0.579. The van der Waals surface area contributed by atoms with Gasteiger partial charge in [-0.05, 0) is 24.6 Å². The lowest BCUT2D eigenvalue weighted by Crippen LogP contribution is -2.08. The second-order valence-electron chi connectivity index (χ2n) is 3.72. The molecule has 0 unspecified atom stereocenters. The second-order valence-corrected chi connectivity index (χ2v) is 3.72.